The number of carboxylic acids is 1. The van der Waals surface area contributed by atoms with Crippen molar-refractivity contribution in [1.29, 1.82) is 0 Å². The number of hydrogen-bond acceptors (Lipinski definition) is 3. The van der Waals surface area contributed by atoms with E-state index in [-0.39, 0.29) is 36.1 Å². The molecule has 0 spiro atoms. The van der Waals surface area contributed by atoms with Crippen LogP contribution in [0, 0.1) is 11.3 Å². The second kappa shape index (κ2) is 8.64. The predicted octanol–water partition coefficient (Wildman–Crippen LogP) is 1.50. The van der Waals surface area contributed by atoms with E-state index >= 15 is 0 Å². The molecule has 0 heterocycles. The number of nitrogens with one attached hydrogen (secondary N) is 1. The molecular formula is C15H28N2O4. The number of carbonyl (C=O) groups excluding carboxylic acids is 2. The fourth-order valence-electron chi connectivity index (χ4n) is 2.08. The van der Waals surface area contributed by atoms with Gasteiger partial charge in [0.25, 0.3) is 0 Å². The maximum Gasteiger partial charge on any atom is 0.303 e. The van der Waals surface area contributed by atoms with Crippen molar-refractivity contribution in [3.8, 4) is 0 Å². The average Bonchev–Trinajstić information content (AvgIpc) is 2.31. The quantitative estimate of drug-likeness (QED) is 0.711. The van der Waals surface area contributed by atoms with E-state index in [9.17, 15) is 14.4 Å². The van der Waals surface area contributed by atoms with Crippen LogP contribution in [0.5, 0.6) is 0 Å². The molecule has 2 amide bonds. The van der Waals surface area contributed by atoms with E-state index in [0.717, 1.165) is 6.42 Å². The maximum atomic E-state index is 11.7. The molecule has 0 aliphatic heterocycles. The molecule has 0 aliphatic rings. The molecule has 0 saturated carbocycles. The topological polar surface area (TPSA) is 86.7 Å². The zero-order valence-corrected chi connectivity index (χ0v) is 13.7. The number of rotatable bonds is 8. The fourth-order valence-corrected chi connectivity index (χ4v) is 2.08. The summed E-state index contributed by atoms with van der Waals surface area (Å²) in [5, 5.41) is 11.6. The monoisotopic (exact) mass is 300 g/mol. The molecule has 0 saturated heterocycles. The van der Waals surface area contributed by atoms with Crippen LogP contribution in [-0.4, -0.2) is 47.9 Å². The molecule has 0 aromatic heterocycles. The van der Waals surface area contributed by atoms with Crippen molar-refractivity contribution in [3.63, 3.8) is 0 Å². The summed E-state index contributed by atoms with van der Waals surface area (Å²) in [5.41, 5.74) is -0.00362. The molecule has 2 N–H and O–H groups in total. The standard InChI is InChI=1S/C15H28N2O4/c1-11(18)17(5)10-13(19)16-9-8-12(15(2,3)4)6-7-14(20)21/h12H,6-10H2,1-5H3,(H,16,19)(H,20,21). The summed E-state index contributed by atoms with van der Waals surface area (Å²) in [7, 11) is 1.58. The number of hydrogen-bond donors (Lipinski definition) is 2. The van der Waals surface area contributed by atoms with Gasteiger partial charge in [0.2, 0.25) is 11.8 Å². The minimum atomic E-state index is -0.795. The Balaban J connectivity index is 4.22. The van der Waals surface area contributed by atoms with Crippen LogP contribution in [0.3, 0.4) is 0 Å². The summed E-state index contributed by atoms with van der Waals surface area (Å²) in [6.45, 7) is 8.17. The lowest BCUT2D eigenvalue weighted by molar-refractivity contribution is -0.137. The van der Waals surface area contributed by atoms with E-state index in [0.29, 0.717) is 13.0 Å². The van der Waals surface area contributed by atoms with E-state index in [4.69, 9.17) is 5.11 Å². The molecule has 0 radical (unpaired) electrons. The number of nitrogens with zero attached hydrogens (tertiary/aromatic N) is 1. The lowest BCUT2D eigenvalue weighted by Gasteiger charge is -2.30. The van der Waals surface area contributed by atoms with Crippen LogP contribution in [0.15, 0.2) is 0 Å². The third-order valence-corrected chi connectivity index (χ3v) is 3.66. The average molecular weight is 300 g/mol. The SMILES string of the molecule is CC(=O)N(C)CC(=O)NCCC(CCC(=O)O)C(C)(C)C. The van der Waals surface area contributed by atoms with E-state index in [1.54, 1.807) is 7.05 Å². The molecule has 0 rings (SSSR count). The number of carboxylic acid groups (broad SMARTS) is 1. The Morgan fingerprint density at radius 1 is 1.19 bits per heavy atom. The van der Waals surface area contributed by atoms with Gasteiger partial charge in [-0.05, 0) is 24.2 Å². The van der Waals surface area contributed by atoms with Gasteiger partial charge in [-0.1, -0.05) is 20.8 Å². The molecule has 0 aliphatic carbocycles. The van der Waals surface area contributed by atoms with Gasteiger partial charge in [0.15, 0.2) is 0 Å². The van der Waals surface area contributed by atoms with Crippen LogP contribution in [0.4, 0.5) is 0 Å². The molecule has 0 fully saturated rings. The molecule has 0 aromatic rings. The smallest absolute Gasteiger partial charge is 0.303 e. The largest absolute Gasteiger partial charge is 0.481 e. The third kappa shape index (κ3) is 9.05. The minimum Gasteiger partial charge on any atom is -0.481 e. The Labute approximate surface area is 126 Å². The zero-order chi connectivity index (χ0) is 16.6. The van der Waals surface area contributed by atoms with Gasteiger partial charge in [0, 0.05) is 26.9 Å². The van der Waals surface area contributed by atoms with Gasteiger partial charge in [0.05, 0.1) is 6.54 Å². The highest BCUT2D eigenvalue weighted by atomic mass is 16.4. The van der Waals surface area contributed by atoms with Crippen LogP contribution in [0.1, 0.15) is 47.0 Å². The Hall–Kier alpha value is -1.59. The Bertz CT molecular complexity index is 374. The van der Waals surface area contributed by atoms with Gasteiger partial charge in [-0.15, -0.1) is 0 Å². The highest BCUT2D eigenvalue weighted by molar-refractivity contribution is 5.83. The first-order chi connectivity index (χ1) is 9.54. The molecule has 0 bridgehead atoms. The van der Waals surface area contributed by atoms with Crippen molar-refractivity contribution >= 4 is 17.8 Å². The molecule has 1 unspecified atom stereocenters. The van der Waals surface area contributed by atoms with Gasteiger partial charge >= 0.3 is 5.97 Å². The molecule has 1 atom stereocenters. The van der Waals surface area contributed by atoms with Crippen LogP contribution >= 0.6 is 0 Å². The highest BCUT2D eigenvalue weighted by Gasteiger charge is 2.25. The van der Waals surface area contributed by atoms with Gasteiger partial charge in [0.1, 0.15) is 0 Å². The number of amides is 2. The van der Waals surface area contributed by atoms with Crippen molar-refractivity contribution in [3.05, 3.63) is 0 Å². The first kappa shape index (κ1) is 19.4. The highest BCUT2D eigenvalue weighted by Crippen LogP contribution is 2.32. The van der Waals surface area contributed by atoms with Gasteiger partial charge in [-0.25, -0.2) is 0 Å². The minimum absolute atomic E-state index is 0.00362. The van der Waals surface area contributed by atoms with Gasteiger partial charge in [-0.3, -0.25) is 14.4 Å². The summed E-state index contributed by atoms with van der Waals surface area (Å²) in [6.07, 6.45) is 1.47. The number of aliphatic carboxylic acids is 1. The second-order valence-corrected chi connectivity index (χ2v) is 6.51. The molecule has 0 aromatic carbocycles. The Morgan fingerprint density at radius 3 is 2.19 bits per heavy atom. The van der Waals surface area contributed by atoms with Crippen molar-refractivity contribution < 1.29 is 19.5 Å². The summed E-state index contributed by atoms with van der Waals surface area (Å²) in [5.74, 6) is -0.923. The van der Waals surface area contributed by atoms with Crippen LogP contribution in [0.25, 0.3) is 0 Å². The summed E-state index contributed by atoms with van der Waals surface area (Å²) in [6, 6.07) is 0. The van der Waals surface area contributed by atoms with Crippen LogP contribution in [0.2, 0.25) is 0 Å². The van der Waals surface area contributed by atoms with Crippen molar-refractivity contribution in [2.45, 2.75) is 47.0 Å². The first-order valence-corrected chi connectivity index (χ1v) is 7.24. The number of carbonyl (C=O) groups is 3. The molecule has 6 nitrogen and oxygen atoms in total. The Kier molecular flexibility index (Phi) is 7.99. The summed E-state index contributed by atoms with van der Waals surface area (Å²) >= 11 is 0. The lowest BCUT2D eigenvalue weighted by Crippen LogP contribution is -2.38. The van der Waals surface area contributed by atoms with Crippen LogP contribution < -0.4 is 5.32 Å². The summed E-state index contributed by atoms with van der Waals surface area (Å²) < 4.78 is 0. The molecule has 6 heteroatoms. The van der Waals surface area contributed by atoms with E-state index in [1.165, 1.54) is 11.8 Å². The normalized spacial score (nSPS) is 12.6. The zero-order valence-electron chi connectivity index (χ0n) is 13.7. The molecule has 122 valence electrons. The molecular weight excluding hydrogens is 272 g/mol. The predicted molar refractivity (Wildman–Crippen MR) is 80.8 cm³/mol. The van der Waals surface area contributed by atoms with E-state index in [1.807, 2.05) is 0 Å². The Morgan fingerprint density at radius 2 is 1.76 bits per heavy atom. The van der Waals surface area contributed by atoms with Crippen molar-refractivity contribution in [2.75, 3.05) is 20.1 Å². The van der Waals surface area contributed by atoms with Crippen LogP contribution in [-0.2, 0) is 14.4 Å². The van der Waals surface area contributed by atoms with Crippen molar-refractivity contribution in [2.24, 2.45) is 11.3 Å². The van der Waals surface area contributed by atoms with Crippen molar-refractivity contribution in [1.82, 2.24) is 10.2 Å². The van der Waals surface area contributed by atoms with E-state index < -0.39 is 5.97 Å². The third-order valence-electron chi connectivity index (χ3n) is 3.66. The first-order valence-electron chi connectivity index (χ1n) is 7.24. The molecule has 21 heavy (non-hydrogen) atoms. The van der Waals surface area contributed by atoms with Gasteiger partial charge in [-0.2, -0.15) is 0 Å². The van der Waals surface area contributed by atoms with Gasteiger partial charge < -0.3 is 15.3 Å². The fraction of sp³-hybridized carbons (Fsp3) is 0.800. The van der Waals surface area contributed by atoms with E-state index in [2.05, 4.69) is 26.1 Å². The maximum absolute atomic E-state index is 11.7. The second-order valence-electron chi connectivity index (χ2n) is 6.51. The summed E-state index contributed by atoms with van der Waals surface area (Å²) in [4.78, 5) is 34.7. The number of likely N-dealkylation sites (N-methyl/N-ethyl adjacent to an activating group) is 1. The lowest BCUT2D eigenvalue weighted by atomic mass is 9.76.